The first-order valence-corrected chi connectivity index (χ1v) is 7.69. The van der Waals surface area contributed by atoms with Crippen molar-refractivity contribution in [2.75, 3.05) is 14.1 Å². The van der Waals surface area contributed by atoms with Gasteiger partial charge in [-0.05, 0) is 0 Å². The van der Waals surface area contributed by atoms with Crippen molar-refractivity contribution >= 4 is 12.8 Å². The Kier molecular flexibility index (Phi) is 54.2. The molecular weight excluding hydrogens is 342 g/mol. The van der Waals surface area contributed by atoms with Gasteiger partial charge in [-0.25, -0.2) is 0 Å². The molecule has 0 saturated heterocycles. The van der Waals surface area contributed by atoms with E-state index < -0.39 is 0 Å². The minimum absolute atomic E-state index is 0.777. The van der Waals surface area contributed by atoms with E-state index in [9.17, 15) is 0 Å². The van der Waals surface area contributed by atoms with Crippen molar-refractivity contribution in [2.24, 2.45) is 0 Å². The van der Waals surface area contributed by atoms with Gasteiger partial charge < -0.3 is 0 Å². The van der Waals surface area contributed by atoms with Gasteiger partial charge in [0.15, 0.2) is 0 Å². The number of benzene rings is 1. The van der Waals surface area contributed by atoms with Gasteiger partial charge in [-0.2, -0.15) is 0 Å². The summed E-state index contributed by atoms with van der Waals surface area (Å²) in [5, 5.41) is 1.44. The Morgan fingerprint density at radius 3 is 1.55 bits per heavy atom. The summed E-state index contributed by atoms with van der Waals surface area (Å²) in [5.74, 6) is 0. The van der Waals surface area contributed by atoms with Crippen molar-refractivity contribution in [1.29, 1.82) is 0 Å². The predicted molar refractivity (Wildman–Crippen MR) is 68.9 cm³/mol. The fraction of sp³-hybridized carbons (Fsp3) is 0.214. The molecule has 0 aliphatic heterocycles. The van der Waals surface area contributed by atoms with Crippen molar-refractivity contribution in [3.8, 4) is 0 Å². The molecule has 113 valence electrons. The van der Waals surface area contributed by atoms with Crippen LogP contribution in [-0.2, 0) is 45.0 Å². The fourth-order valence-electron chi connectivity index (χ4n) is 1.10. The van der Waals surface area contributed by atoms with Crippen LogP contribution in [0.1, 0.15) is 5.56 Å². The summed E-state index contributed by atoms with van der Waals surface area (Å²) in [6.45, 7) is 23.5. The van der Waals surface area contributed by atoms with E-state index >= 15 is 0 Å². The zero-order valence-electron chi connectivity index (χ0n) is 11.9. The van der Waals surface area contributed by atoms with Crippen molar-refractivity contribution in [3.63, 3.8) is 0 Å². The second kappa shape index (κ2) is 36.7. The van der Waals surface area contributed by atoms with E-state index in [1.807, 2.05) is 0 Å². The van der Waals surface area contributed by atoms with Crippen LogP contribution in [0.3, 0.4) is 0 Å². The molecule has 0 unspecified atom stereocenters. The molecule has 0 heterocycles. The summed E-state index contributed by atoms with van der Waals surface area (Å²) in [7, 11) is 4.97. The zero-order valence-corrected chi connectivity index (χ0v) is 14.2. The molecule has 0 amide bonds. The van der Waals surface area contributed by atoms with E-state index in [2.05, 4.69) is 91.7 Å². The molecule has 0 bridgehead atoms. The zero-order chi connectivity index (χ0) is 19.0. The molecule has 8 heteroatoms. The number of hydrogen-bond acceptors (Lipinski definition) is 1. The molecule has 0 saturated carbocycles. The van der Waals surface area contributed by atoms with E-state index in [4.69, 9.17) is 23.3 Å². The van der Waals surface area contributed by atoms with E-state index in [0.717, 1.165) is 14.2 Å². The van der Waals surface area contributed by atoms with Gasteiger partial charge in [-0.15, -0.1) is 0 Å². The summed E-state index contributed by atoms with van der Waals surface area (Å²) in [4.78, 5) is 2.19. The fourth-order valence-corrected chi connectivity index (χ4v) is 2.49. The third-order valence-electron chi connectivity index (χ3n) is 1.61. The van der Waals surface area contributed by atoms with Crippen molar-refractivity contribution in [1.82, 2.24) is 4.90 Å². The first-order chi connectivity index (χ1) is 10.7. The van der Waals surface area contributed by atoms with Crippen LogP contribution < -0.4 is 5.19 Å². The van der Waals surface area contributed by atoms with E-state index in [-0.39, 0.29) is 0 Å². The van der Waals surface area contributed by atoms with Gasteiger partial charge in [0.2, 0.25) is 0 Å². The topological polar surface area (TPSA) is 103 Å². The van der Waals surface area contributed by atoms with Crippen LogP contribution in [-0.4, -0.2) is 26.6 Å². The molecule has 0 aromatic heterocycles. The van der Waals surface area contributed by atoms with E-state index in [1.165, 1.54) is 10.8 Å². The SMILES string of the molecule is CN(C)Cc1ccccc1[Si]=[Cr].[C-]#[O+].[C-]#[O+].[C-]#[O+].[C-]#[O+].[C-]#[O+]. The Morgan fingerprint density at radius 1 is 0.864 bits per heavy atom. The molecule has 0 atom stereocenters. The molecule has 1 aromatic rings. The normalized spacial score (nSPS) is 6.05. The van der Waals surface area contributed by atoms with Gasteiger partial charge in [-0.1, -0.05) is 0 Å². The van der Waals surface area contributed by atoms with Gasteiger partial charge in [0.25, 0.3) is 0 Å². The van der Waals surface area contributed by atoms with Crippen LogP contribution in [0, 0.1) is 33.3 Å². The summed E-state index contributed by atoms with van der Waals surface area (Å²) in [6, 6.07) is 8.58. The average molecular weight is 354 g/mol. The Balaban J connectivity index is -0.0000000822. The summed E-state index contributed by atoms with van der Waals surface area (Å²) >= 11 is 3.08. The second-order valence-electron chi connectivity index (χ2n) is 3.00. The molecule has 6 nitrogen and oxygen atoms in total. The van der Waals surface area contributed by atoms with E-state index in [0.29, 0.717) is 0 Å². The maximum atomic E-state index is 7.50. The third kappa shape index (κ3) is 23.7. The number of nitrogens with zero attached hydrogens (tertiary/aromatic N) is 1. The molecule has 0 fully saturated rings. The first kappa shape index (κ1) is 32.5. The molecule has 0 aliphatic carbocycles. The van der Waals surface area contributed by atoms with Gasteiger partial charge >= 0.3 is 140 Å². The third-order valence-corrected chi connectivity index (χ3v) is 3.35. The number of hydrogen-bond donors (Lipinski definition) is 0. The Morgan fingerprint density at radius 2 is 1.23 bits per heavy atom. The molecule has 1 radical (unpaired) electrons. The van der Waals surface area contributed by atoms with Crippen molar-refractivity contribution in [3.05, 3.63) is 63.1 Å². The predicted octanol–water partition coefficient (Wildman–Crippen LogP) is 0.352. The van der Waals surface area contributed by atoms with Crippen molar-refractivity contribution < 1.29 is 38.4 Å². The maximum absolute atomic E-state index is 7.50. The average Bonchev–Trinajstić information content (AvgIpc) is 2.63. The van der Waals surface area contributed by atoms with Crippen LogP contribution in [0.2, 0.25) is 0 Å². The molecule has 1 rings (SSSR count). The Hall–Kier alpha value is -1.37. The standard InChI is InChI=1S/C9H12NSi.5CO.Cr/c1-10(2)7-8-5-3-4-6-9(8)11;5*1-2;/h3-6H,7H2,1-2H3;;;;;;. The molecule has 0 spiro atoms. The van der Waals surface area contributed by atoms with Gasteiger partial charge in [0, 0.05) is 0 Å². The quantitative estimate of drug-likeness (QED) is 0.436. The minimum atomic E-state index is 0.777. The summed E-state index contributed by atoms with van der Waals surface area (Å²) < 4.78 is 37.5. The molecule has 22 heavy (non-hydrogen) atoms. The van der Waals surface area contributed by atoms with E-state index in [1.54, 1.807) is 0 Å². The monoisotopic (exact) mass is 354 g/mol. The van der Waals surface area contributed by atoms with Gasteiger partial charge in [0.1, 0.15) is 0 Å². The van der Waals surface area contributed by atoms with Crippen molar-refractivity contribution in [2.45, 2.75) is 6.54 Å². The Bertz CT molecular complexity index is 431. The second-order valence-corrected chi connectivity index (χ2v) is 4.70. The summed E-state index contributed by atoms with van der Waals surface area (Å²) in [6.07, 6.45) is 0. The molecular formula is C14H12CrNO5Si. The van der Waals surface area contributed by atoms with Crippen LogP contribution in [0.4, 0.5) is 0 Å². The number of rotatable bonds is 3. The first-order valence-electron chi connectivity index (χ1n) is 4.87. The van der Waals surface area contributed by atoms with Crippen LogP contribution in [0.5, 0.6) is 0 Å². The van der Waals surface area contributed by atoms with Gasteiger partial charge in [0.05, 0.1) is 0 Å². The van der Waals surface area contributed by atoms with Crippen LogP contribution in [0.25, 0.3) is 0 Å². The molecule has 0 aliphatic rings. The van der Waals surface area contributed by atoms with Gasteiger partial charge in [-0.3, -0.25) is 0 Å². The van der Waals surface area contributed by atoms with Crippen LogP contribution >= 0.6 is 0 Å². The summed E-state index contributed by atoms with van der Waals surface area (Å²) in [5.41, 5.74) is 1.43. The molecule has 1 aromatic carbocycles. The Labute approximate surface area is 140 Å². The molecule has 0 N–H and O–H groups in total. The van der Waals surface area contributed by atoms with Crippen LogP contribution in [0.15, 0.2) is 24.3 Å².